The number of halogens is 1. The van der Waals surface area contributed by atoms with Crippen LogP contribution in [0.2, 0.25) is 0 Å². The van der Waals surface area contributed by atoms with Crippen LogP contribution in [0.4, 0.5) is 4.39 Å². The Hall–Kier alpha value is -3.38. The molecule has 6 heteroatoms. The molecule has 1 N–H and O–H groups in total. The Balaban J connectivity index is 1.49. The van der Waals surface area contributed by atoms with Crippen molar-refractivity contribution in [1.82, 2.24) is 9.55 Å². The number of fused-ring (bicyclic) bond motifs is 1. The van der Waals surface area contributed by atoms with Gasteiger partial charge in [-0.3, -0.25) is 0 Å². The molecule has 1 heterocycles. The van der Waals surface area contributed by atoms with E-state index < -0.39 is 11.9 Å². The average Bonchev–Trinajstić information content (AvgIpc) is 3.10. The van der Waals surface area contributed by atoms with E-state index in [9.17, 15) is 9.50 Å². The molecule has 0 fully saturated rings. The van der Waals surface area contributed by atoms with Crippen LogP contribution in [-0.4, -0.2) is 27.4 Å². The highest BCUT2D eigenvalue weighted by atomic mass is 19.1. The van der Waals surface area contributed by atoms with Gasteiger partial charge in [0.25, 0.3) is 0 Å². The van der Waals surface area contributed by atoms with Crippen molar-refractivity contribution < 1.29 is 19.0 Å². The molecule has 154 valence electrons. The lowest BCUT2D eigenvalue weighted by atomic mass is 10.2. The van der Waals surface area contributed by atoms with Crippen LogP contribution in [0.3, 0.4) is 0 Å². The normalized spacial score (nSPS) is 12.1. The van der Waals surface area contributed by atoms with Crippen molar-refractivity contribution in [3.63, 3.8) is 0 Å². The highest BCUT2D eigenvalue weighted by molar-refractivity contribution is 5.75. The Morgan fingerprint density at radius 2 is 1.70 bits per heavy atom. The van der Waals surface area contributed by atoms with Crippen LogP contribution >= 0.6 is 0 Å². The molecule has 5 nitrogen and oxygen atoms in total. The van der Waals surface area contributed by atoms with Gasteiger partial charge in [-0.15, -0.1) is 0 Å². The highest BCUT2D eigenvalue weighted by Gasteiger charge is 2.16. The van der Waals surface area contributed by atoms with Gasteiger partial charge >= 0.3 is 0 Å². The first-order chi connectivity index (χ1) is 14.6. The van der Waals surface area contributed by atoms with Crippen LogP contribution in [0.15, 0.2) is 72.8 Å². The van der Waals surface area contributed by atoms with E-state index in [4.69, 9.17) is 9.47 Å². The fourth-order valence-corrected chi connectivity index (χ4v) is 3.23. The molecule has 0 saturated heterocycles. The van der Waals surface area contributed by atoms with Gasteiger partial charge in [-0.25, -0.2) is 9.37 Å². The molecule has 1 atom stereocenters. The summed E-state index contributed by atoms with van der Waals surface area (Å²) in [5.41, 5.74) is 2.87. The van der Waals surface area contributed by atoms with Crippen molar-refractivity contribution in [2.75, 3.05) is 6.61 Å². The molecular weight excluding hydrogens is 383 g/mol. The Morgan fingerprint density at radius 3 is 2.50 bits per heavy atom. The van der Waals surface area contributed by atoms with Gasteiger partial charge in [-0.2, -0.15) is 0 Å². The molecule has 1 aromatic heterocycles. The number of aliphatic hydroxyl groups excluding tert-OH is 1. The number of hydrogen-bond donors (Lipinski definition) is 1. The minimum absolute atomic E-state index is 0.0360. The predicted octanol–water partition coefficient (Wildman–Crippen LogP) is 4.50. The van der Waals surface area contributed by atoms with E-state index >= 15 is 0 Å². The number of hydrogen-bond acceptors (Lipinski definition) is 4. The highest BCUT2D eigenvalue weighted by Crippen LogP contribution is 2.20. The molecule has 0 spiro atoms. The number of imidazole rings is 1. The largest absolute Gasteiger partial charge is 0.488 e. The quantitative estimate of drug-likeness (QED) is 0.468. The van der Waals surface area contributed by atoms with Crippen LogP contribution in [0, 0.1) is 12.7 Å². The maximum atomic E-state index is 13.7. The van der Waals surface area contributed by atoms with E-state index in [-0.39, 0.29) is 25.5 Å². The Bertz CT molecular complexity index is 1120. The second-order valence-corrected chi connectivity index (χ2v) is 7.12. The molecule has 1 unspecified atom stereocenters. The summed E-state index contributed by atoms with van der Waals surface area (Å²) in [6.07, 6.45) is -0.847. The lowest BCUT2D eigenvalue weighted by molar-refractivity contribution is 0.0898. The van der Waals surface area contributed by atoms with Crippen molar-refractivity contribution in [2.45, 2.75) is 26.2 Å². The van der Waals surface area contributed by atoms with E-state index in [0.717, 1.165) is 22.3 Å². The third-order valence-corrected chi connectivity index (χ3v) is 4.78. The molecule has 0 aliphatic carbocycles. The van der Waals surface area contributed by atoms with Crippen LogP contribution in [0.25, 0.3) is 11.0 Å². The number of para-hydroxylation sites is 3. The van der Waals surface area contributed by atoms with Crippen LogP contribution in [-0.2, 0) is 13.2 Å². The molecule has 4 aromatic rings. The first-order valence-corrected chi connectivity index (χ1v) is 9.79. The lowest BCUT2D eigenvalue weighted by Gasteiger charge is -2.16. The molecule has 0 saturated carbocycles. The maximum Gasteiger partial charge on any atom is 0.165 e. The van der Waals surface area contributed by atoms with E-state index in [1.165, 1.54) is 12.1 Å². The number of aliphatic hydroxyl groups is 1. The van der Waals surface area contributed by atoms with Gasteiger partial charge in [0, 0.05) is 0 Å². The molecule has 0 bridgehead atoms. The topological polar surface area (TPSA) is 56.5 Å². The standard InChI is InChI=1S/C24H23FN2O3/c1-17-10-12-19(13-11-17)29-16-24-26-21-7-3-4-8-22(21)27(24)14-18(28)15-30-23-9-5-2-6-20(23)25/h2-13,18,28H,14-16H2,1H3. The van der Waals surface area contributed by atoms with Crippen LogP contribution < -0.4 is 9.47 Å². The summed E-state index contributed by atoms with van der Waals surface area (Å²) in [7, 11) is 0. The second-order valence-electron chi connectivity index (χ2n) is 7.12. The molecule has 30 heavy (non-hydrogen) atoms. The van der Waals surface area contributed by atoms with Crippen LogP contribution in [0.5, 0.6) is 11.5 Å². The van der Waals surface area contributed by atoms with Gasteiger partial charge in [0.2, 0.25) is 0 Å². The van der Waals surface area contributed by atoms with Gasteiger partial charge < -0.3 is 19.1 Å². The zero-order valence-corrected chi connectivity index (χ0v) is 16.7. The summed E-state index contributed by atoms with van der Waals surface area (Å²) in [4.78, 5) is 4.66. The Kier molecular flexibility index (Phi) is 5.95. The predicted molar refractivity (Wildman–Crippen MR) is 113 cm³/mol. The third-order valence-electron chi connectivity index (χ3n) is 4.78. The molecular formula is C24H23FN2O3. The zero-order valence-electron chi connectivity index (χ0n) is 16.7. The average molecular weight is 406 g/mol. The lowest BCUT2D eigenvalue weighted by Crippen LogP contribution is -2.25. The number of ether oxygens (including phenoxy) is 2. The number of nitrogens with zero attached hydrogens (tertiary/aromatic N) is 2. The van der Waals surface area contributed by atoms with Gasteiger partial charge in [-0.05, 0) is 43.3 Å². The van der Waals surface area contributed by atoms with Crippen molar-refractivity contribution in [3.05, 3.63) is 90.0 Å². The SMILES string of the molecule is Cc1ccc(OCc2nc3ccccc3n2CC(O)COc2ccccc2F)cc1. The van der Waals surface area contributed by atoms with E-state index in [1.54, 1.807) is 12.1 Å². The minimum Gasteiger partial charge on any atom is -0.488 e. The van der Waals surface area contributed by atoms with Crippen molar-refractivity contribution in [3.8, 4) is 11.5 Å². The molecule has 4 rings (SSSR count). The van der Waals surface area contributed by atoms with Gasteiger partial charge in [-0.1, -0.05) is 42.0 Å². The minimum atomic E-state index is -0.847. The van der Waals surface area contributed by atoms with Gasteiger partial charge in [0.1, 0.15) is 30.9 Å². The maximum absolute atomic E-state index is 13.7. The summed E-state index contributed by atoms with van der Waals surface area (Å²) in [6.45, 7) is 2.50. The van der Waals surface area contributed by atoms with E-state index in [1.807, 2.05) is 60.0 Å². The number of rotatable bonds is 8. The monoisotopic (exact) mass is 406 g/mol. The second kappa shape index (κ2) is 8.97. The number of benzene rings is 3. The smallest absolute Gasteiger partial charge is 0.165 e. The summed E-state index contributed by atoms with van der Waals surface area (Å²) in [5.74, 6) is 1.12. The fourth-order valence-electron chi connectivity index (χ4n) is 3.23. The summed E-state index contributed by atoms with van der Waals surface area (Å²) < 4.78 is 27.0. The van der Waals surface area contributed by atoms with E-state index in [0.29, 0.717) is 5.82 Å². The zero-order chi connectivity index (χ0) is 20.9. The Labute approximate surface area is 174 Å². The first kappa shape index (κ1) is 19.9. The molecule has 0 amide bonds. The van der Waals surface area contributed by atoms with Crippen LogP contribution in [0.1, 0.15) is 11.4 Å². The fraction of sp³-hybridized carbons (Fsp3) is 0.208. The first-order valence-electron chi connectivity index (χ1n) is 9.79. The van der Waals surface area contributed by atoms with Gasteiger partial charge in [0.05, 0.1) is 17.6 Å². The van der Waals surface area contributed by atoms with Crippen molar-refractivity contribution in [2.24, 2.45) is 0 Å². The van der Waals surface area contributed by atoms with E-state index in [2.05, 4.69) is 4.98 Å². The molecule has 0 aliphatic heterocycles. The third kappa shape index (κ3) is 4.60. The number of aromatic nitrogens is 2. The van der Waals surface area contributed by atoms with Crippen molar-refractivity contribution in [1.29, 1.82) is 0 Å². The van der Waals surface area contributed by atoms with Gasteiger partial charge in [0.15, 0.2) is 11.6 Å². The molecule has 0 aliphatic rings. The molecule has 3 aromatic carbocycles. The number of aryl methyl sites for hydroxylation is 1. The Morgan fingerprint density at radius 1 is 0.967 bits per heavy atom. The summed E-state index contributed by atoms with van der Waals surface area (Å²) in [5, 5.41) is 10.5. The molecule has 0 radical (unpaired) electrons. The van der Waals surface area contributed by atoms with Crippen molar-refractivity contribution >= 4 is 11.0 Å². The summed E-state index contributed by atoms with van der Waals surface area (Å²) in [6, 6.07) is 21.7. The summed E-state index contributed by atoms with van der Waals surface area (Å²) >= 11 is 0.